The zero-order chi connectivity index (χ0) is 44.8. The lowest BCUT2D eigenvalue weighted by molar-refractivity contribution is 0.100. The maximum atomic E-state index is 9.85. The zero-order valence-corrected chi connectivity index (χ0v) is 38.1. The molecule has 15 rings (SSSR count). The maximum absolute atomic E-state index is 9.85. The summed E-state index contributed by atoms with van der Waals surface area (Å²) in [5, 5.41) is 35.4. The second kappa shape index (κ2) is 12.8. The highest BCUT2D eigenvalue weighted by molar-refractivity contribution is 6.47. The van der Waals surface area contributed by atoms with E-state index < -0.39 is 0 Å². The third-order valence-electron chi connectivity index (χ3n) is 16.0. The molecule has 0 aliphatic heterocycles. The number of aryl methyl sites for hydroxylation is 2. The van der Waals surface area contributed by atoms with Gasteiger partial charge in [-0.3, -0.25) is 0 Å². The fraction of sp³-hybridized carbons (Fsp3) is 0.108. The van der Waals surface area contributed by atoms with Gasteiger partial charge in [0.15, 0.2) is 6.79 Å². The molecule has 0 saturated carbocycles. The molecule has 0 saturated heterocycles. The van der Waals surface area contributed by atoms with Crippen molar-refractivity contribution in [1.82, 2.24) is 0 Å². The number of ether oxygens (including phenoxy) is 1. The zero-order valence-electron chi connectivity index (χ0n) is 38.1. The van der Waals surface area contributed by atoms with Crippen molar-refractivity contribution in [3.63, 3.8) is 0 Å². The molecule has 67 heavy (non-hydrogen) atoms. The molecule has 1 aliphatic carbocycles. The minimum Gasteiger partial charge on any atom is -0.467 e. The van der Waals surface area contributed by atoms with Crippen molar-refractivity contribution in [2.24, 2.45) is 0 Å². The van der Waals surface area contributed by atoms with Crippen LogP contribution >= 0.6 is 0 Å². The molecule has 1 N–H and O–H groups in total. The summed E-state index contributed by atoms with van der Waals surface area (Å²) in [4.78, 5) is 0. The van der Waals surface area contributed by atoms with Crippen molar-refractivity contribution in [3.8, 4) is 50.3 Å². The Balaban J connectivity index is 1.14. The lowest BCUT2D eigenvalue weighted by Gasteiger charge is -2.20. The molecular weight excluding hydrogens is 813 g/mol. The number of benzene rings is 12. The largest absolute Gasteiger partial charge is 0.467 e. The first-order valence-electron chi connectivity index (χ1n) is 23.7. The van der Waals surface area contributed by atoms with Crippen LogP contribution in [0.2, 0.25) is 0 Å². The summed E-state index contributed by atoms with van der Waals surface area (Å²) in [6.07, 6.45) is 0. The van der Waals surface area contributed by atoms with Crippen LogP contribution < -0.4 is 4.74 Å². The number of hydrogen-bond acceptors (Lipinski definition) is 2. The summed E-state index contributed by atoms with van der Waals surface area (Å²) in [5.74, 6) is 0.699. The van der Waals surface area contributed by atoms with Gasteiger partial charge in [-0.2, -0.15) is 0 Å². The lowest BCUT2D eigenvalue weighted by Crippen LogP contribution is -2.10. The van der Waals surface area contributed by atoms with Gasteiger partial charge in [-0.25, -0.2) is 0 Å². The first-order chi connectivity index (χ1) is 32.7. The second-order valence-electron chi connectivity index (χ2n) is 20.3. The number of hydrogen-bond donors (Lipinski definition) is 1. The van der Waals surface area contributed by atoms with Crippen molar-refractivity contribution in [3.05, 3.63) is 174 Å². The van der Waals surface area contributed by atoms with Crippen LogP contribution in [0.15, 0.2) is 158 Å². The van der Waals surface area contributed by atoms with E-state index in [9.17, 15) is 5.11 Å². The number of rotatable bonds is 4. The average Bonchev–Trinajstić information content (AvgIpc) is 3.97. The van der Waals surface area contributed by atoms with E-state index in [-0.39, 0.29) is 12.2 Å². The minimum atomic E-state index is -0.366. The molecular formula is C65H44O2. The molecule has 14 aromatic carbocycles. The Kier molecular flexibility index (Phi) is 7.13. The molecule has 14 aromatic rings. The molecule has 2 nitrogen and oxygen atoms in total. The van der Waals surface area contributed by atoms with E-state index in [4.69, 9.17) is 4.74 Å². The van der Waals surface area contributed by atoms with Gasteiger partial charge in [0.25, 0.3) is 0 Å². The summed E-state index contributed by atoms with van der Waals surface area (Å²) in [6, 6.07) is 60.2. The molecule has 0 bridgehead atoms. The van der Waals surface area contributed by atoms with Gasteiger partial charge in [0, 0.05) is 10.8 Å². The number of aliphatic hydroxyl groups is 1. The van der Waals surface area contributed by atoms with Gasteiger partial charge < -0.3 is 9.84 Å². The molecule has 0 aromatic heterocycles. The van der Waals surface area contributed by atoms with Crippen LogP contribution in [0.5, 0.6) is 5.75 Å². The van der Waals surface area contributed by atoms with Crippen molar-refractivity contribution in [1.29, 1.82) is 0 Å². The normalized spacial score (nSPS) is 13.0. The quantitative estimate of drug-likeness (QED) is 0.109. The molecule has 0 unspecified atom stereocenters. The fourth-order valence-electron chi connectivity index (χ4n) is 13.0. The smallest absolute Gasteiger partial charge is 0.186 e. The van der Waals surface area contributed by atoms with Crippen LogP contribution in [0.3, 0.4) is 0 Å². The number of aliphatic hydroxyl groups excluding tert-OH is 1. The highest BCUT2D eigenvalue weighted by atomic mass is 16.6. The van der Waals surface area contributed by atoms with Crippen LogP contribution in [-0.4, -0.2) is 11.9 Å². The Hall–Kier alpha value is -7.78. The molecule has 0 atom stereocenters. The maximum Gasteiger partial charge on any atom is 0.186 e. The number of fused-ring (bicyclic) bond motifs is 12. The predicted molar refractivity (Wildman–Crippen MR) is 286 cm³/mol. The van der Waals surface area contributed by atoms with Crippen LogP contribution in [0, 0.1) is 13.8 Å². The van der Waals surface area contributed by atoms with E-state index in [1.54, 1.807) is 0 Å². The van der Waals surface area contributed by atoms with Gasteiger partial charge in [0.1, 0.15) is 5.75 Å². The monoisotopic (exact) mass is 856 g/mol. The van der Waals surface area contributed by atoms with Gasteiger partial charge in [-0.05, 0) is 202 Å². The van der Waals surface area contributed by atoms with Crippen molar-refractivity contribution < 1.29 is 9.84 Å². The van der Waals surface area contributed by atoms with Crippen LogP contribution in [-0.2, 0) is 5.41 Å². The highest BCUT2D eigenvalue weighted by Gasteiger charge is 2.30. The van der Waals surface area contributed by atoms with E-state index in [1.165, 1.54) is 164 Å². The van der Waals surface area contributed by atoms with Crippen molar-refractivity contribution in [2.45, 2.75) is 40.0 Å². The molecule has 0 fully saturated rings. The van der Waals surface area contributed by atoms with Gasteiger partial charge in [0.05, 0.1) is 0 Å². The van der Waals surface area contributed by atoms with Gasteiger partial charge in [-0.1, -0.05) is 154 Å². The van der Waals surface area contributed by atoms with Crippen molar-refractivity contribution >= 4 is 108 Å². The minimum absolute atomic E-state index is 0.0682. The third-order valence-corrected chi connectivity index (χ3v) is 16.0. The van der Waals surface area contributed by atoms with Gasteiger partial charge in [-0.15, -0.1) is 0 Å². The van der Waals surface area contributed by atoms with E-state index in [2.05, 4.69) is 186 Å². The third kappa shape index (κ3) is 4.64. The Morgan fingerprint density at radius 1 is 0.343 bits per heavy atom. The standard InChI is InChI=1S/C65H44O2/c1-33-11-6-8-13-36(33)57-53-30-51-39-15-10-16-47-55(67-32-66)28-27-45(56(39)47)52(51)31-54(53)58(37-14-9-7-12-34(37)2)64-49-25-23-43-41-20-19-40-38-18-17-35(65(3,4)5)29-50(38)46-22-21-42(60(41)59(40)46)44-24-26-48(63(57)64)62(49)61(43)44/h6-31,66H,32H2,1-5H3. The van der Waals surface area contributed by atoms with Gasteiger partial charge in [0.2, 0.25) is 0 Å². The summed E-state index contributed by atoms with van der Waals surface area (Å²) in [7, 11) is 0. The van der Waals surface area contributed by atoms with E-state index in [0.29, 0.717) is 5.75 Å². The molecule has 0 heterocycles. The molecule has 0 radical (unpaired) electrons. The summed E-state index contributed by atoms with van der Waals surface area (Å²) in [5.41, 5.74) is 14.4. The Bertz CT molecular complexity index is 4330. The van der Waals surface area contributed by atoms with Crippen LogP contribution in [0.1, 0.15) is 37.5 Å². The van der Waals surface area contributed by atoms with E-state index >= 15 is 0 Å². The fourth-order valence-corrected chi connectivity index (χ4v) is 13.0. The summed E-state index contributed by atoms with van der Waals surface area (Å²) < 4.78 is 5.79. The second-order valence-corrected chi connectivity index (χ2v) is 20.3. The van der Waals surface area contributed by atoms with E-state index in [1.807, 2.05) is 6.07 Å². The Labute approximate surface area is 387 Å². The molecule has 1 aliphatic rings. The average molecular weight is 857 g/mol. The van der Waals surface area contributed by atoms with Crippen LogP contribution in [0.25, 0.3) is 152 Å². The van der Waals surface area contributed by atoms with Crippen LogP contribution in [0.4, 0.5) is 0 Å². The lowest BCUT2D eigenvalue weighted by atomic mass is 9.84. The first kappa shape index (κ1) is 37.4. The molecule has 316 valence electrons. The predicted octanol–water partition coefficient (Wildman–Crippen LogP) is 17.8. The Morgan fingerprint density at radius 3 is 1.39 bits per heavy atom. The first-order valence-corrected chi connectivity index (χ1v) is 23.7. The summed E-state index contributed by atoms with van der Waals surface area (Å²) >= 11 is 0. The summed E-state index contributed by atoms with van der Waals surface area (Å²) in [6.45, 7) is 11.1. The molecule has 2 heteroatoms. The highest BCUT2D eigenvalue weighted by Crippen LogP contribution is 2.58. The SMILES string of the molecule is Cc1ccccc1-c1c2cc3c(cc2c(-c2ccccc2C)c2c4ccc5c6ccc7c8c(ccc(c9ccc(c12)c4c95)c86)-c1cc(C(C)(C)C)ccc1-7)c1ccc(OCO)c2cccc3c21. The molecule has 0 spiro atoms. The topological polar surface area (TPSA) is 29.5 Å². The molecule has 0 amide bonds. The van der Waals surface area contributed by atoms with E-state index in [0.717, 1.165) is 5.39 Å². The Morgan fingerprint density at radius 2 is 0.806 bits per heavy atom. The van der Waals surface area contributed by atoms with Gasteiger partial charge >= 0.3 is 0 Å². The van der Waals surface area contributed by atoms with Crippen molar-refractivity contribution in [2.75, 3.05) is 6.79 Å².